The van der Waals surface area contributed by atoms with Crippen molar-refractivity contribution >= 4 is 34.9 Å². The first kappa shape index (κ1) is 21.8. The molecule has 0 aliphatic rings. The van der Waals surface area contributed by atoms with Gasteiger partial charge in [0, 0.05) is 43.0 Å². The maximum atomic E-state index is 11.8. The van der Waals surface area contributed by atoms with Crippen molar-refractivity contribution in [3.8, 4) is 11.1 Å². The van der Waals surface area contributed by atoms with Gasteiger partial charge in [-0.2, -0.15) is 0 Å². The maximum Gasteiger partial charge on any atom is 0.407 e. The van der Waals surface area contributed by atoms with Crippen molar-refractivity contribution < 1.29 is 9.53 Å². The lowest BCUT2D eigenvalue weighted by atomic mass is 10.1. The van der Waals surface area contributed by atoms with Crippen molar-refractivity contribution in [3.05, 3.63) is 42.9 Å². The smallest absolute Gasteiger partial charge is 0.407 e. The molecule has 1 amide bonds. The van der Waals surface area contributed by atoms with Gasteiger partial charge in [0.05, 0.1) is 17.2 Å². The standard InChI is InChI=1S/C21H26N6O2S/c1-21(2,3)29-20(28)24-7-8-27(4)19-13-25-17-6-5-14(10-18(17)26-19)15-9-16(30-22)12-23-11-15/h5-6,9-13H,7-8,22H2,1-4H3,(H,24,28). The van der Waals surface area contributed by atoms with Crippen LogP contribution in [0.15, 0.2) is 47.8 Å². The highest BCUT2D eigenvalue weighted by atomic mass is 32.2. The topological polar surface area (TPSA) is 106 Å². The molecule has 9 heteroatoms. The number of anilines is 1. The Hall–Kier alpha value is -2.91. The number of amides is 1. The van der Waals surface area contributed by atoms with Crippen molar-refractivity contribution in [3.63, 3.8) is 0 Å². The highest BCUT2D eigenvalue weighted by Crippen LogP contribution is 2.25. The Bertz CT molecular complexity index is 1040. The lowest BCUT2D eigenvalue weighted by Gasteiger charge is -2.21. The van der Waals surface area contributed by atoms with E-state index in [-0.39, 0.29) is 0 Å². The number of aromatic nitrogens is 3. The summed E-state index contributed by atoms with van der Waals surface area (Å²) in [5.74, 6) is 0.718. The summed E-state index contributed by atoms with van der Waals surface area (Å²) in [6.45, 7) is 6.50. The van der Waals surface area contributed by atoms with Crippen molar-refractivity contribution in [2.75, 3.05) is 25.0 Å². The minimum atomic E-state index is -0.518. The van der Waals surface area contributed by atoms with Crippen molar-refractivity contribution in [2.45, 2.75) is 31.3 Å². The Kier molecular flexibility index (Phi) is 6.73. The van der Waals surface area contributed by atoms with Gasteiger partial charge in [0.1, 0.15) is 11.4 Å². The van der Waals surface area contributed by atoms with Crippen LogP contribution in [0.5, 0.6) is 0 Å². The molecule has 3 rings (SSSR count). The molecular formula is C21H26N6O2S. The molecule has 3 aromatic rings. The van der Waals surface area contributed by atoms with E-state index in [2.05, 4.69) is 15.3 Å². The molecule has 0 radical (unpaired) electrons. The number of nitrogens with one attached hydrogen (secondary N) is 1. The molecule has 2 aromatic heterocycles. The zero-order chi connectivity index (χ0) is 21.7. The van der Waals surface area contributed by atoms with Crippen LogP contribution in [0.1, 0.15) is 20.8 Å². The van der Waals surface area contributed by atoms with Crippen LogP contribution in [-0.2, 0) is 4.74 Å². The fourth-order valence-electron chi connectivity index (χ4n) is 2.76. The molecule has 0 aliphatic heterocycles. The van der Waals surface area contributed by atoms with Gasteiger partial charge in [0.15, 0.2) is 0 Å². The van der Waals surface area contributed by atoms with Crippen molar-refractivity contribution in [1.82, 2.24) is 20.3 Å². The molecule has 0 aliphatic carbocycles. The lowest BCUT2D eigenvalue weighted by molar-refractivity contribution is 0.0529. The number of likely N-dealkylation sites (N-methyl/N-ethyl adjacent to an activating group) is 1. The first-order valence-corrected chi connectivity index (χ1v) is 10.4. The van der Waals surface area contributed by atoms with E-state index in [1.165, 1.54) is 0 Å². The average molecular weight is 427 g/mol. The third kappa shape index (κ3) is 5.80. The quantitative estimate of drug-likeness (QED) is 0.576. The second-order valence-corrected chi connectivity index (χ2v) is 8.52. The number of nitrogens with zero attached hydrogens (tertiary/aromatic N) is 4. The molecule has 0 fully saturated rings. The molecule has 30 heavy (non-hydrogen) atoms. The highest BCUT2D eigenvalue weighted by Gasteiger charge is 2.16. The number of ether oxygens (including phenoxy) is 1. The average Bonchev–Trinajstić information content (AvgIpc) is 2.71. The summed E-state index contributed by atoms with van der Waals surface area (Å²) < 4.78 is 5.24. The first-order valence-electron chi connectivity index (χ1n) is 9.52. The molecule has 2 heterocycles. The minimum absolute atomic E-state index is 0.431. The Morgan fingerprint density at radius 3 is 2.70 bits per heavy atom. The monoisotopic (exact) mass is 426 g/mol. The third-order valence-corrected chi connectivity index (χ3v) is 4.71. The lowest BCUT2D eigenvalue weighted by Crippen LogP contribution is -2.37. The van der Waals surface area contributed by atoms with E-state index in [0.717, 1.165) is 44.8 Å². The minimum Gasteiger partial charge on any atom is -0.444 e. The molecule has 0 spiro atoms. The Morgan fingerprint density at radius 2 is 1.97 bits per heavy atom. The molecule has 0 atom stereocenters. The predicted molar refractivity (Wildman–Crippen MR) is 120 cm³/mol. The van der Waals surface area contributed by atoms with E-state index >= 15 is 0 Å². The second-order valence-electron chi connectivity index (χ2n) is 7.81. The Morgan fingerprint density at radius 1 is 1.17 bits per heavy atom. The van der Waals surface area contributed by atoms with Crippen LogP contribution in [0.2, 0.25) is 0 Å². The van der Waals surface area contributed by atoms with Gasteiger partial charge in [-0.25, -0.2) is 9.78 Å². The van der Waals surface area contributed by atoms with E-state index in [9.17, 15) is 4.79 Å². The summed E-state index contributed by atoms with van der Waals surface area (Å²) in [7, 11) is 1.91. The van der Waals surface area contributed by atoms with Crippen molar-refractivity contribution in [2.24, 2.45) is 5.14 Å². The van der Waals surface area contributed by atoms with E-state index in [1.54, 1.807) is 18.6 Å². The zero-order valence-corrected chi connectivity index (χ0v) is 18.4. The number of carbonyl (C=O) groups excluding carboxylic acids is 1. The normalized spacial score (nSPS) is 11.4. The zero-order valence-electron chi connectivity index (χ0n) is 17.5. The molecule has 0 bridgehead atoms. The number of hydrogen-bond acceptors (Lipinski definition) is 8. The summed E-state index contributed by atoms with van der Waals surface area (Å²) >= 11 is 1.16. The number of hydrogen-bond donors (Lipinski definition) is 2. The number of benzene rings is 1. The van der Waals surface area contributed by atoms with E-state index in [1.807, 2.05) is 57.0 Å². The van der Waals surface area contributed by atoms with Crippen LogP contribution < -0.4 is 15.4 Å². The Labute approximate surface area is 180 Å². The van der Waals surface area contributed by atoms with Gasteiger partial charge in [-0.05, 0) is 56.5 Å². The number of alkyl carbamates (subject to hydrolysis) is 1. The molecule has 0 saturated heterocycles. The fourth-order valence-corrected chi connectivity index (χ4v) is 3.08. The van der Waals surface area contributed by atoms with Crippen molar-refractivity contribution in [1.29, 1.82) is 0 Å². The fraction of sp³-hybridized carbons (Fsp3) is 0.333. The molecule has 3 N–H and O–H groups in total. The van der Waals surface area contributed by atoms with Crippen LogP contribution in [0, 0.1) is 0 Å². The molecule has 8 nitrogen and oxygen atoms in total. The second kappa shape index (κ2) is 9.27. The summed E-state index contributed by atoms with van der Waals surface area (Å²) in [5.41, 5.74) is 3.03. The van der Waals surface area contributed by atoms with Gasteiger partial charge in [-0.1, -0.05) is 6.07 Å². The van der Waals surface area contributed by atoms with E-state index in [4.69, 9.17) is 14.9 Å². The van der Waals surface area contributed by atoms with Gasteiger partial charge in [0.25, 0.3) is 0 Å². The van der Waals surface area contributed by atoms with Crippen LogP contribution in [0.4, 0.5) is 10.6 Å². The number of fused-ring (bicyclic) bond motifs is 1. The van der Waals surface area contributed by atoms with Crippen LogP contribution in [-0.4, -0.2) is 46.8 Å². The van der Waals surface area contributed by atoms with E-state index in [0.29, 0.717) is 13.1 Å². The Balaban J connectivity index is 1.71. The first-order chi connectivity index (χ1) is 14.2. The summed E-state index contributed by atoms with van der Waals surface area (Å²) in [5, 5.41) is 8.39. The molecule has 0 unspecified atom stereocenters. The summed E-state index contributed by atoms with van der Waals surface area (Å²) in [6, 6.07) is 7.91. The summed E-state index contributed by atoms with van der Waals surface area (Å²) in [4.78, 5) is 28.1. The van der Waals surface area contributed by atoms with Gasteiger partial charge in [-0.15, -0.1) is 0 Å². The van der Waals surface area contributed by atoms with Gasteiger partial charge >= 0.3 is 6.09 Å². The maximum absolute atomic E-state index is 11.8. The van der Waals surface area contributed by atoms with Gasteiger partial charge < -0.3 is 15.0 Å². The number of nitrogens with two attached hydrogens (primary N) is 1. The number of rotatable bonds is 6. The number of pyridine rings is 1. The van der Waals surface area contributed by atoms with Crippen LogP contribution >= 0.6 is 11.9 Å². The molecule has 158 valence electrons. The summed E-state index contributed by atoms with van der Waals surface area (Å²) in [6.07, 6.45) is 4.82. The van der Waals surface area contributed by atoms with Gasteiger partial charge in [-0.3, -0.25) is 15.1 Å². The van der Waals surface area contributed by atoms with Crippen LogP contribution in [0.3, 0.4) is 0 Å². The molecular weight excluding hydrogens is 400 g/mol. The van der Waals surface area contributed by atoms with E-state index < -0.39 is 11.7 Å². The third-order valence-electron chi connectivity index (χ3n) is 4.22. The number of carbonyl (C=O) groups is 1. The predicted octanol–water partition coefficient (Wildman–Crippen LogP) is 3.62. The highest BCUT2D eigenvalue weighted by molar-refractivity contribution is 7.97. The SMILES string of the molecule is CN(CCNC(=O)OC(C)(C)C)c1cnc2ccc(-c3cncc(SN)c3)cc2n1. The largest absolute Gasteiger partial charge is 0.444 e. The molecule has 0 saturated carbocycles. The van der Waals surface area contributed by atoms with Gasteiger partial charge in [0.2, 0.25) is 0 Å². The van der Waals surface area contributed by atoms with Crippen LogP contribution in [0.25, 0.3) is 22.2 Å². The molecule has 1 aromatic carbocycles.